The molecule has 0 saturated carbocycles. The van der Waals surface area contributed by atoms with Crippen LogP contribution in [0.5, 0.6) is 5.75 Å². The molecule has 2 N–H and O–H groups in total. The highest BCUT2D eigenvalue weighted by molar-refractivity contribution is 5.28. The van der Waals surface area contributed by atoms with Gasteiger partial charge in [-0.05, 0) is 37.0 Å². The summed E-state index contributed by atoms with van der Waals surface area (Å²) in [5.41, 5.74) is 1.18. The van der Waals surface area contributed by atoms with Gasteiger partial charge >= 0.3 is 0 Å². The molecule has 0 aliphatic rings. The van der Waals surface area contributed by atoms with Crippen molar-refractivity contribution in [1.29, 1.82) is 0 Å². The monoisotopic (exact) mass is 251 g/mol. The molecule has 1 atom stereocenters. The van der Waals surface area contributed by atoms with Crippen LogP contribution in [-0.2, 0) is 6.54 Å². The Hall–Kier alpha value is -1.06. The summed E-state index contributed by atoms with van der Waals surface area (Å²) in [6.07, 6.45) is 0.764. The van der Waals surface area contributed by atoms with E-state index >= 15 is 0 Å². The molecule has 0 saturated heterocycles. The first-order chi connectivity index (χ1) is 8.58. The number of hydrogen-bond donors (Lipinski definition) is 2. The number of aliphatic hydroxyl groups excluding tert-OH is 1. The number of nitrogens with one attached hydrogen (secondary N) is 1. The van der Waals surface area contributed by atoms with Gasteiger partial charge in [0.1, 0.15) is 5.75 Å². The number of benzene rings is 1. The molecule has 0 aliphatic heterocycles. The SMILES string of the molecule is CC(C)CCOc1cccc(CNCC(C)O)c1. The van der Waals surface area contributed by atoms with Crippen molar-refractivity contribution in [2.75, 3.05) is 13.2 Å². The third-order valence-corrected chi connectivity index (χ3v) is 2.63. The Morgan fingerprint density at radius 1 is 1.28 bits per heavy atom. The van der Waals surface area contributed by atoms with Crippen molar-refractivity contribution in [3.63, 3.8) is 0 Å². The van der Waals surface area contributed by atoms with E-state index < -0.39 is 0 Å². The largest absolute Gasteiger partial charge is 0.494 e. The number of aliphatic hydroxyl groups is 1. The molecular weight excluding hydrogens is 226 g/mol. The lowest BCUT2D eigenvalue weighted by molar-refractivity contribution is 0.191. The standard InChI is InChI=1S/C15H25NO2/c1-12(2)7-8-18-15-6-4-5-14(9-15)11-16-10-13(3)17/h4-6,9,12-13,16-17H,7-8,10-11H2,1-3H3. The van der Waals surface area contributed by atoms with Crippen molar-refractivity contribution in [2.45, 2.75) is 39.8 Å². The van der Waals surface area contributed by atoms with Crippen LogP contribution in [0, 0.1) is 5.92 Å². The smallest absolute Gasteiger partial charge is 0.119 e. The first-order valence-electron chi connectivity index (χ1n) is 6.68. The molecule has 0 aliphatic carbocycles. The lowest BCUT2D eigenvalue weighted by atomic mass is 10.1. The van der Waals surface area contributed by atoms with Gasteiger partial charge in [-0.2, -0.15) is 0 Å². The minimum atomic E-state index is -0.310. The highest BCUT2D eigenvalue weighted by atomic mass is 16.5. The minimum absolute atomic E-state index is 0.310. The van der Waals surface area contributed by atoms with E-state index in [4.69, 9.17) is 9.84 Å². The maximum atomic E-state index is 9.17. The lowest BCUT2D eigenvalue weighted by Crippen LogP contribution is -2.23. The number of rotatable bonds is 8. The van der Waals surface area contributed by atoms with Crippen LogP contribution >= 0.6 is 0 Å². The van der Waals surface area contributed by atoms with E-state index in [0.717, 1.165) is 25.3 Å². The van der Waals surface area contributed by atoms with E-state index in [2.05, 4.69) is 31.3 Å². The third-order valence-electron chi connectivity index (χ3n) is 2.63. The predicted molar refractivity (Wildman–Crippen MR) is 74.8 cm³/mol. The Morgan fingerprint density at radius 3 is 2.72 bits per heavy atom. The lowest BCUT2D eigenvalue weighted by Gasteiger charge is -2.10. The fraction of sp³-hybridized carbons (Fsp3) is 0.600. The molecule has 0 heterocycles. The molecule has 0 spiro atoms. The summed E-state index contributed by atoms with van der Waals surface area (Å²) in [5.74, 6) is 1.59. The molecule has 1 aromatic carbocycles. The molecular formula is C15H25NO2. The molecule has 0 radical (unpaired) electrons. The first-order valence-corrected chi connectivity index (χ1v) is 6.68. The van der Waals surface area contributed by atoms with Crippen molar-refractivity contribution in [3.05, 3.63) is 29.8 Å². The molecule has 0 amide bonds. The molecule has 0 fully saturated rings. The van der Waals surface area contributed by atoms with Crippen LogP contribution in [0.25, 0.3) is 0 Å². The van der Waals surface area contributed by atoms with Gasteiger partial charge in [0.05, 0.1) is 12.7 Å². The zero-order valence-corrected chi connectivity index (χ0v) is 11.6. The van der Waals surface area contributed by atoms with Gasteiger partial charge < -0.3 is 15.2 Å². The highest BCUT2D eigenvalue weighted by Crippen LogP contribution is 2.14. The second-order valence-electron chi connectivity index (χ2n) is 5.16. The Kier molecular flexibility index (Phi) is 6.76. The Morgan fingerprint density at radius 2 is 2.06 bits per heavy atom. The molecule has 3 heteroatoms. The van der Waals surface area contributed by atoms with Gasteiger partial charge in [0, 0.05) is 13.1 Å². The van der Waals surface area contributed by atoms with E-state index in [-0.39, 0.29) is 6.10 Å². The Labute approximate surface area is 110 Å². The maximum Gasteiger partial charge on any atom is 0.119 e. The molecule has 0 aromatic heterocycles. The van der Waals surface area contributed by atoms with E-state index in [1.807, 2.05) is 12.1 Å². The molecule has 18 heavy (non-hydrogen) atoms. The van der Waals surface area contributed by atoms with E-state index in [0.29, 0.717) is 12.5 Å². The molecule has 102 valence electrons. The summed E-state index contributed by atoms with van der Waals surface area (Å²) in [4.78, 5) is 0. The van der Waals surface area contributed by atoms with Crippen LogP contribution in [0.2, 0.25) is 0 Å². The number of hydrogen-bond acceptors (Lipinski definition) is 3. The molecule has 0 bridgehead atoms. The van der Waals surface area contributed by atoms with Gasteiger partial charge in [-0.25, -0.2) is 0 Å². The summed E-state index contributed by atoms with van der Waals surface area (Å²) >= 11 is 0. The normalized spacial score (nSPS) is 12.7. The van der Waals surface area contributed by atoms with Gasteiger partial charge in [-0.3, -0.25) is 0 Å². The average Bonchev–Trinajstić information content (AvgIpc) is 2.28. The van der Waals surface area contributed by atoms with Crippen LogP contribution in [-0.4, -0.2) is 24.4 Å². The van der Waals surface area contributed by atoms with Gasteiger partial charge in [0.2, 0.25) is 0 Å². The summed E-state index contributed by atoms with van der Waals surface area (Å²) in [6.45, 7) is 8.30. The highest BCUT2D eigenvalue weighted by Gasteiger charge is 2.00. The second kappa shape index (κ2) is 8.11. The van der Waals surface area contributed by atoms with Crippen LogP contribution in [0.15, 0.2) is 24.3 Å². The minimum Gasteiger partial charge on any atom is -0.494 e. The van der Waals surface area contributed by atoms with Crippen LogP contribution in [0.1, 0.15) is 32.8 Å². The van der Waals surface area contributed by atoms with E-state index in [9.17, 15) is 0 Å². The van der Waals surface area contributed by atoms with E-state index in [1.165, 1.54) is 5.56 Å². The maximum absolute atomic E-state index is 9.17. The summed E-state index contributed by atoms with van der Waals surface area (Å²) in [7, 11) is 0. The summed E-state index contributed by atoms with van der Waals surface area (Å²) in [6, 6.07) is 8.10. The fourth-order valence-corrected chi connectivity index (χ4v) is 1.58. The molecule has 1 rings (SSSR count). The Balaban J connectivity index is 2.36. The zero-order valence-electron chi connectivity index (χ0n) is 11.6. The zero-order chi connectivity index (χ0) is 13.4. The molecule has 1 unspecified atom stereocenters. The van der Waals surface area contributed by atoms with Gasteiger partial charge in [-0.15, -0.1) is 0 Å². The first kappa shape index (κ1) is 15.0. The Bertz CT molecular complexity index is 308. The third kappa shape index (κ3) is 6.62. The van der Waals surface area contributed by atoms with E-state index in [1.54, 1.807) is 6.92 Å². The van der Waals surface area contributed by atoms with Crippen LogP contribution in [0.3, 0.4) is 0 Å². The van der Waals surface area contributed by atoms with Gasteiger partial charge in [0.25, 0.3) is 0 Å². The van der Waals surface area contributed by atoms with Gasteiger partial charge in [-0.1, -0.05) is 26.0 Å². The van der Waals surface area contributed by atoms with Gasteiger partial charge in [0.15, 0.2) is 0 Å². The van der Waals surface area contributed by atoms with Crippen LogP contribution < -0.4 is 10.1 Å². The topological polar surface area (TPSA) is 41.5 Å². The predicted octanol–water partition coefficient (Wildman–Crippen LogP) is 2.58. The van der Waals surface area contributed by atoms with Crippen molar-refractivity contribution >= 4 is 0 Å². The quantitative estimate of drug-likeness (QED) is 0.746. The summed E-state index contributed by atoms with van der Waals surface area (Å²) in [5, 5.41) is 12.4. The van der Waals surface area contributed by atoms with Crippen molar-refractivity contribution in [2.24, 2.45) is 5.92 Å². The number of ether oxygens (including phenoxy) is 1. The van der Waals surface area contributed by atoms with Crippen molar-refractivity contribution in [3.8, 4) is 5.75 Å². The van der Waals surface area contributed by atoms with Crippen LogP contribution in [0.4, 0.5) is 0 Å². The fourth-order valence-electron chi connectivity index (χ4n) is 1.58. The van der Waals surface area contributed by atoms with Crippen molar-refractivity contribution < 1.29 is 9.84 Å². The average molecular weight is 251 g/mol. The molecule has 1 aromatic rings. The molecule has 3 nitrogen and oxygen atoms in total. The van der Waals surface area contributed by atoms with Crippen molar-refractivity contribution in [1.82, 2.24) is 5.32 Å². The second-order valence-corrected chi connectivity index (χ2v) is 5.16. The summed E-state index contributed by atoms with van der Waals surface area (Å²) < 4.78 is 5.71.